The van der Waals surface area contributed by atoms with Crippen molar-refractivity contribution in [1.82, 2.24) is 4.72 Å². The van der Waals surface area contributed by atoms with Crippen LogP contribution in [0, 0.1) is 11.6 Å². The van der Waals surface area contributed by atoms with Gasteiger partial charge >= 0.3 is 0 Å². The van der Waals surface area contributed by atoms with Gasteiger partial charge in [-0.3, -0.25) is 4.79 Å². The fourth-order valence-electron chi connectivity index (χ4n) is 2.75. The number of carbonyl (C=O) groups excluding carboxylic acids is 1. The molecule has 5 nitrogen and oxygen atoms in total. The van der Waals surface area contributed by atoms with Crippen LogP contribution in [0.3, 0.4) is 0 Å². The molecule has 25 heavy (non-hydrogen) atoms. The predicted molar refractivity (Wildman–Crippen MR) is 89.3 cm³/mol. The Bertz CT molecular complexity index is 885. The van der Waals surface area contributed by atoms with Crippen LogP contribution < -0.4 is 9.62 Å². The number of hydrogen-bond acceptors (Lipinski definition) is 3. The molecule has 0 bridgehead atoms. The summed E-state index contributed by atoms with van der Waals surface area (Å²) >= 11 is 0. The van der Waals surface area contributed by atoms with E-state index in [1.54, 1.807) is 6.07 Å². The maximum Gasteiger partial charge on any atom is 0.245 e. The minimum atomic E-state index is -3.88. The number of hydrogen-bond donors (Lipinski definition) is 1. The average Bonchev–Trinajstić information content (AvgIpc) is 2.91. The van der Waals surface area contributed by atoms with Crippen LogP contribution in [0.15, 0.2) is 48.5 Å². The van der Waals surface area contributed by atoms with Crippen LogP contribution in [-0.2, 0) is 20.6 Å². The van der Waals surface area contributed by atoms with E-state index in [2.05, 4.69) is 4.72 Å². The first-order chi connectivity index (χ1) is 11.9. The minimum absolute atomic E-state index is 0.0378. The molecule has 8 heteroatoms. The smallest absolute Gasteiger partial charge is 0.245 e. The standard InChI is InChI=1S/C17H16F2N2O3S/c18-13-5-7-14(8-6-13)21-10-9-16(17(21)22)20-25(23,24)11-12-3-1-2-4-15(12)19/h1-8,16,20H,9-11H2. The Balaban J connectivity index is 1.70. The van der Waals surface area contributed by atoms with Crippen LogP contribution in [0.25, 0.3) is 0 Å². The number of rotatable bonds is 5. The van der Waals surface area contributed by atoms with Gasteiger partial charge in [0, 0.05) is 17.8 Å². The SMILES string of the molecule is O=C1C(NS(=O)(=O)Cc2ccccc2F)CCN1c1ccc(F)cc1. The van der Waals surface area contributed by atoms with E-state index in [1.807, 2.05) is 0 Å². The van der Waals surface area contributed by atoms with E-state index in [1.165, 1.54) is 47.4 Å². The molecular formula is C17H16F2N2O3S. The molecule has 0 aromatic heterocycles. The number of nitrogens with one attached hydrogen (secondary N) is 1. The highest BCUT2D eigenvalue weighted by Crippen LogP contribution is 2.22. The van der Waals surface area contributed by atoms with Gasteiger partial charge in [-0.15, -0.1) is 0 Å². The molecule has 1 aliphatic rings. The Morgan fingerprint density at radius 1 is 1.08 bits per heavy atom. The number of halogens is 2. The van der Waals surface area contributed by atoms with Crippen LogP contribution >= 0.6 is 0 Å². The lowest BCUT2D eigenvalue weighted by molar-refractivity contribution is -0.118. The third-order valence-electron chi connectivity index (χ3n) is 3.97. The summed E-state index contributed by atoms with van der Waals surface area (Å²) in [6.45, 7) is 0.317. The maximum atomic E-state index is 13.6. The van der Waals surface area contributed by atoms with Gasteiger partial charge in [-0.2, -0.15) is 0 Å². The van der Waals surface area contributed by atoms with Crippen LogP contribution in [-0.4, -0.2) is 26.9 Å². The van der Waals surface area contributed by atoms with E-state index in [9.17, 15) is 22.0 Å². The molecule has 0 saturated carbocycles. The van der Waals surface area contributed by atoms with Crippen molar-refractivity contribution in [2.75, 3.05) is 11.4 Å². The molecule has 0 spiro atoms. The summed E-state index contributed by atoms with van der Waals surface area (Å²) in [5.41, 5.74) is 0.540. The van der Waals surface area contributed by atoms with E-state index < -0.39 is 39.4 Å². The zero-order valence-electron chi connectivity index (χ0n) is 13.2. The number of carbonyl (C=O) groups is 1. The second kappa shape index (κ2) is 6.89. The third kappa shape index (κ3) is 4.02. The van der Waals surface area contributed by atoms with Crippen molar-refractivity contribution in [3.05, 3.63) is 65.7 Å². The van der Waals surface area contributed by atoms with E-state index in [4.69, 9.17) is 0 Å². The van der Waals surface area contributed by atoms with E-state index in [0.29, 0.717) is 12.2 Å². The Morgan fingerprint density at radius 2 is 1.76 bits per heavy atom. The number of benzene rings is 2. The largest absolute Gasteiger partial charge is 0.311 e. The van der Waals surface area contributed by atoms with Crippen molar-refractivity contribution in [3.63, 3.8) is 0 Å². The van der Waals surface area contributed by atoms with Crippen molar-refractivity contribution in [3.8, 4) is 0 Å². The lowest BCUT2D eigenvalue weighted by Gasteiger charge is -2.17. The molecule has 1 unspecified atom stereocenters. The summed E-state index contributed by atoms with van der Waals surface area (Å²) in [4.78, 5) is 13.8. The number of amides is 1. The molecule has 1 amide bonds. The number of sulfonamides is 1. The van der Waals surface area contributed by atoms with Crippen molar-refractivity contribution >= 4 is 21.6 Å². The van der Waals surface area contributed by atoms with Gasteiger partial charge in [-0.05, 0) is 36.8 Å². The molecule has 3 rings (SSSR count). The van der Waals surface area contributed by atoms with Gasteiger partial charge in [-0.1, -0.05) is 18.2 Å². The highest BCUT2D eigenvalue weighted by Gasteiger charge is 2.35. The van der Waals surface area contributed by atoms with Crippen molar-refractivity contribution < 1.29 is 22.0 Å². The Morgan fingerprint density at radius 3 is 2.44 bits per heavy atom. The van der Waals surface area contributed by atoms with Crippen LogP contribution in [0.4, 0.5) is 14.5 Å². The second-order valence-corrected chi connectivity index (χ2v) is 7.53. The zero-order chi connectivity index (χ0) is 18.0. The van der Waals surface area contributed by atoms with Gasteiger partial charge < -0.3 is 4.90 Å². The molecule has 2 aromatic rings. The van der Waals surface area contributed by atoms with Gasteiger partial charge in [0.1, 0.15) is 17.7 Å². The molecule has 0 aliphatic carbocycles. The van der Waals surface area contributed by atoms with Gasteiger partial charge in [0.2, 0.25) is 15.9 Å². The van der Waals surface area contributed by atoms with Gasteiger partial charge in [0.05, 0.1) is 5.75 Å². The first kappa shape index (κ1) is 17.5. The fourth-order valence-corrected chi connectivity index (χ4v) is 4.12. The van der Waals surface area contributed by atoms with Crippen molar-refractivity contribution in [2.24, 2.45) is 0 Å². The normalized spacial score (nSPS) is 17.9. The quantitative estimate of drug-likeness (QED) is 0.882. The predicted octanol–water partition coefficient (Wildman–Crippen LogP) is 2.19. The summed E-state index contributed by atoms with van der Waals surface area (Å²) in [5, 5.41) is 0. The van der Waals surface area contributed by atoms with Crippen LogP contribution in [0.2, 0.25) is 0 Å². The number of nitrogens with zero attached hydrogens (tertiary/aromatic N) is 1. The van der Waals surface area contributed by atoms with Crippen molar-refractivity contribution in [1.29, 1.82) is 0 Å². The van der Waals surface area contributed by atoms with Crippen LogP contribution in [0.1, 0.15) is 12.0 Å². The average molecular weight is 366 g/mol. The van der Waals surface area contributed by atoms with Crippen LogP contribution in [0.5, 0.6) is 0 Å². The molecule has 1 atom stereocenters. The Labute approximate surface area is 144 Å². The summed E-state index contributed by atoms with van der Waals surface area (Å²) in [7, 11) is -3.88. The molecule has 132 valence electrons. The molecule has 1 heterocycles. The molecule has 1 aliphatic heterocycles. The van der Waals surface area contributed by atoms with Crippen molar-refractivity contribution in [2.45, 2.75) is 18.2 Å². The minimum Gasteiger partial charge on any atom is -0.311 e. The van der Waals surface area contributed by atoms with Gasteiger partial charge in [-0.25, -0.2) is 21.9 Å². The third-order valence-corrected chi connectivity index (χ3v) is 5.30. The Kier molecular flexibility index (Phi) is 4.82. The lowest BCUT2D eigenvalue weighted by Crippen LogP contribution is -2.42. The van der Waals surface area contributed by atoms with Gasteiger partial charge in [0.25, 0.3) is 0 Å². The lowest BCUT2D eigenvalue weighted by atomic mass is 10.2. The summed E-state index contributed by atoms with van der Waals surface area (Å²) < 4.78 is 53.4. The molecular weight excluding hydrogens is 350 g/mol. The zero-order valence-corrected chi connectivity index (χ0v) is 14.0. The molecule has 2 aromatic carbocycles. The van der Waals surface area contributed by atoms with Gasteiger partial charge in [0.15, 0.2) is 0 Å². The summed E-state index contributed by atoms with van der Waals surface area (Å²) in [5.74, 6) is -1.99. The number of anilines is 1. The highest BCUT2D eigenvalue weighted by atomic mass is 32.2. The highest BCUT2D eigenvalue weighted by molar-refractivity contribution is 7.88. The fraction of sp³-hybridized carbons (Fsp3) is 0.235. The topological polar surface area (TPSA) is 66.5 Å². The second-order valence-electron chi connectivity index (χ2n) is 5.78. The molecule has 1 fully saturated rings. The molecule has 1 saturated heterocycles. The summed E-state index contributed by atoms with van der Waals surface area (Å²) in [6, 6.07) is 10.1. The molecule has 0 radical (unpaired) electrons. The van der Waals surface area contributed by atoms with E-state index in [-0.39, 0.29) is 12.0 Å². The van der Waals surface area contributed by atoms with E-state index >= 15 is 0 Å². The monoisotopic (exact) mass is 366 g/mol. The first-order valence-electron chi connectivity index (χ1n) is 7.66. The first-order valence-corrected chi connectivity index (χ1v) is 9.31. The Hall–Kier alpha value is -2.32. The summed E-state index contributed by atoms with van der Waals surface area (Å²) in [6.07, 6.45) is 0.284. The van der Waals surface area contributed by atoms with E-state index in [0.717, 1.165) is 0 Å². The molecule has 1 N–H and O–H groups in total. The maximum absolute atomic E-state index is 13.6.